The molecule has 3 heteroatoms. The molecule has 0 spiro atoms. The van der Waals surface area contributed by atoms with Crippen molar-refractivity contribution in [3.63, 3.8) is 0 Å². The number of hydrogen-bond donors (Lipinski definition) is 0. The van der Waals surface area contributed by atoms with Crippen LogP contribution in [0.25, 0.3) is 86.3 Å². The van der Waals surface area contributed by atoms with Gasteiger partial charge in [0.1, 0.15) is 0 Å². The van der Waals surface area contributed by atoms with Crippen LogP contribution in [0.3, 0.4) is 0 Å². The molecule has 0 bridgehead atoms. The van der Waals surface area contributed by atoms with E-state index in [1.54, 1.807) is 0 Å². The van der Waals surface area contributed by atoms with Crippen molar-refractivity contribution in [1.29, 1.82) is 0 Å². The van der Waals surface area contributed by atoms with Gasteiger partial charge >= 0.3 is 0 Å². The van der Waals surface area contributed by atoms with Gasteiger partial charge in [-0.1, -0.05) is 84.4 Å². The molecule has 3 heterocycles. The van der Waals surface area contributed by atoms with Crippen LogP contribution in [-0.4, -0.2) is 9.13 Å². The first-order chi connectivity index (χ1) is 23.1. The van der Waals surface area contributed by atoms with Gasteiger partial charge in [-0.2, -0.15) is 0 Å². The summed E-state index contributed by atoms with van der Waals surface area (Å²) >= 11 is 1.87. The van der Waals surface area contributed by atoms with Crippen molar-refractivity contribution in [3.8, 4) is 22.5 Å². The SMILES string of the molecule is Cc1cccc(-n2c3ccccc3c3c2ccc2c4ccccc4n(-c4ccc(-c5ccc6sc7ccc(C)cc7c6c5)cc4)c23)c1. The summed E-state index contributed by atoms with van der Waals surface area (Å²) in [7, 11) is 0. The van der Waals surface area contributed by atoms with Gasteiger partial charge in [-0.25, -0.2) is 0 Å². The third-order valence-corrected chi connectivity index (χ3v) is 11.0. The Morgan fingerprint density at radius 2 is 1.09 bits per heavy atom. The molecule has 0 radical (unpaired) electrons. The molecule has 47 heavy (non-hydrogen) atoms. The van der Waals surface area contributed by atoms with E-state index < -0.39 is 0 Å². The largest absolute Gasteiger partial charge is 0.309 e. The lowest BCUT2D eigenvalue weighted by Crippen LogP contribution is -1.95. The molecule has 2 nitrogen and oxygen atoms in total. The number of para-hydroxylation sites is 2. The zero-order valence-electron chi connectivity index (χ0n) is 26.2. The molecule has 0 N–H and O–H groups in total. The Kier molecular flexibility index (Phi) is 5.61. The number of thiophene rings is 1. The van der Waals surface area contributed by atoms with Gasteiger partial charge in [0, 0.05) is 53.1 Å². The summed E-state index contributed by atoms with van der Waals surface area (Å²) in [5, 5.41) is 7.78. The fourth-order valence-electron chi connectivity index (χ4n) is 7.70. The van der Waals surface area contributed by atoms with E-state index in [9.17, 15) is 0 Å². The highest BCUT2D eigenvalue weighted by atomic mass is 32.1. The van der Waals surface area contributed by atoms with Crippen molar-refractivity contribution in [2.24, 2.45) is 0 Å². The number of nitrogens with zero attached hydrogens (tertiary/aromatic N) is 2. The normalized spacial score (nSPS) is 12.0. The van der Waals surface area contributed by atoms with E-state index in [1.807, 2.05) is 11.3 Å². The average Bonchev–Trinajstić information content (AvgIpc) is 3.75. The standard InChI is InChI=1S/C44H30N2S/c1-27-8-7-9-32(24-27)45-39-13-6-4-11-35(39)43-40(45)21-20-34-33-10-3-5-12-38(33)46(44(34)43)31-18-15-29(16-19-31)30-17-23-42-37(26-30)36-25-28(2)14-22-41(36)47-42/h3-26H,1-2H3. The summed E-state index contributed by atoms with van der Waals surface area (Å²) in [5.41, 5.74) is 12.3. The van der Waals surface area contributed by atoms with Gasteiger partial charge in [-0.05, 0) is 97.3 Å². The summed E-state index contributed by atoms with van der Waals surface area (Å²) < 4.78 is 7.58. The number of aromatic nitrogens is 2. The quantitative estimate of drug-likeness (QED) is 0.186. The summed E-state index contributed by atoms with van der Waals surface area (Å²) in [6.07, 6.45) is 0. The second-order valence-electron chi connectivity index (χ2n) is 12.8. The van der Waals surface area contributed by atoms with E-state index >= 15 is 0 Å². The minimum Gasteiger partial charge on any atom is -0.309 e. The van der Waals surface area contributed by atoms with Crippen molar-refractivity contribution in [1.82, 2.24) is 9.13 Å². The van der Waals surface area contributed by atoms with Gasteiger partial charge in [-0.3, -0.25) is 0 Å². The Labute approximate surface area is 276 Å². The zero-order valence-corrected chi connectivity index (χ0v) is 27.0. The predicted octanol–water partition coefficient (Wildman–Crippen LogP) is 12.5. The Morgan fingerprint density at radius 1 is 0.404 bits per heavy atom. The fraction of sp³-hybridized carbons (Fsp3) is 0.0455. The molecule has 0 unspecified atom stereocenters. The van der Waals surface area contributed by atoms with Crippen molar-refractivity contribution in [2.45, 2.75) is 13.8 Å². The Balaban J connectivity index is 1.22. The lowest BCUT2D eigenvalue weighted by Gasteiger charge is -2.11. The first-order valence-corrected chi connectivity index (χ1v) is 17.0. The molecular formula is C44H30N2S. The van der Waals surface area contributed by atoms with Gasteiger partial charge < -0.3 is 9.13 Å². The minimum atomic E-state index is 1.16. The third kappa shape index (κ3) is 3.90. The van der Waals surface area contributed by atoms with E-state index in [0.29, 0.717) is 0 Å². The van der Waals surface area contributed by atoms with Gasteiger partial charge in [0.15, 0.2) is 0 Å². The molecule has 3 aromatic heterocycles. The monoisotopic (exact) mass is 618 g/mol. The highest BCUT2D eigenvalue weighted by molar-refractivity contribution is 7.25. The molecule has 10 rings (SSSR count). The molecule has 0 aliphatic carbocycles. The first kappa shape index (κ1) is 26.6. The molecule has 0 saturated carbocycles. The van der Waals surface area contributed by atoms with E-state index in [1.165, 1.54) is 91.7 Å². The van der Waals surface area contributed by atoms with Crippen LogP contribution in [0.15, 0.2) is 146 Å². The molecule has 0 amide bonds. The molecule has 0 aliphatic rings. The predicted molar refractivity (Wildman–Crippen MR) is 203 cm³/mol. The summed E-state index contributed by atoms with van der Waals surface area (Å²) in [6, 6.07) is 54.0. The maximum Gasteiger partial charge on any atom is 0.0641 e. The van der Waals surface area contributed by atoms with Crippen LogP contribution in [0.5, 0.6) is 0 Å². The second kappa shape index (κ2) is 9.93. The Hall–Kier alpha value is -5.64. The van der Waals surface area contributed by atoms with Crippen LogP contribution < -0.4 is 0 Å². The highest BCUT2D eigenvalue weighted by Crippen LogP contribution is 2.42. The van der Waals surface area contributed by atoms with Crippen molar-refractivity contribution < 1.29 is 0 Å². The van der Waals surface area contributed by atoms with Gasteiger partial charge in [0.25, 0.3) is 0 Å². The van der Waals surface area contributed by atoms with Crippen LogP contribution in [0, 0.1) is 13.8 Å². The van der Waals surface area contributed by atoms with Crippen molar-refractivity contribution in [3.05, 3.63) is 157 Å². The topological polar surface area (TPSA) is 9.86 Å². The molecule has 0 aliphatic heterocycles. The van der Waals surface area contributed by atoms with Crippen LogP contribution in [0.2, 0.25) is 0 Å². The van der Waals surface area contributed by atoms with Crippen LogP contribution >= 0.6 is 11.3 Å². The van der Waals surface area contributed by atoms with E-state index in [0.717, 1.165) is 5.69 Å². The van der Waals surface area contributed by atoms with E-state index in [4.69, 9.17) is 0 Å². The summed E-state index contributed by atoms with van der Waals surface area (Å²) in [5.74, 6) is 0. The van der Waals surface area contributed by atoms with E-state index in [-0.39, 0.29) is 0 Å². The number of aryl methyl sites for hydroxylation is 2. The van der Waals surface area contributed by atoms with Crippen LogP contribution in [0.4, 0.5) is 0 Å². The third-order valence-electron chi connectivity index (χ3n) is 9.81. The molecule has 7 aromatic carbocycles. The maximum atomic E-state index is 2.47. The Morgan fingerprint density at radius 3 is 1.89 bits per heavy atom. The molecular weight excluding hydrogens is 589 g/mol. The van der Waals surface area contributed by atoms with Gasteiger partial charge in [0.2, 0.25) is 0 Å². The number of rotatable bonds is 3. The molecule has 0 fully saturated rings. The van der Waals surface area contributed by atoms with Crippen molar-refractivity contribution in [2.75, 3.05) is 0 Å². The first-order valence-electron chi connectivity index (χ1n) is 16.2. The number of fused-ring (bicyclic) bond motifs is 10. The summed E-state index contributed by atoms with van der Waals surface area (Å²) in [6.45, 7) is 4.34. The molecule has 222 valence electrons. The zero-order chi connectivity index (χ0) is 31.2. The summed E-state index contributed by atoms with van der Waals surface area (Å²) in [4.78, 5) is 0. The van der Waals surface area contributed by atoms with Crippen LogP contribution in [0.1, 0.15) is 11.1 Å². The van der Waals surface area contributed by atoms with Gasteiger partial charge in [0.05, 0.1) is 22.1 Å². The number of benzene rings is 7. The van der Waals surface area contributed by atoms with Crippen LogP contribution in [-0.2, 0) is 0 Å². The fourth-order valence-corrected chi connectivity index (χ4v) is 8.76. The molecule has 0 saturated heterocycles. The average molecular weight is 619 g/mol. The minimum absolute atomic E-state index is 1.16. The smallest absolute Gasteiger partial charge is 0.0641 e. The lowest BCUT2D eigenvalue weighted by atomic mass is 10.0. The van der Waals surface area contributed by atoms with Gasteiger partial charge in [-0.15, -0.1) is 11.3 Å². The Bertz CT molecular complexity index is 2860. The maximum absolute atomic E-state index is 2.47. The number of hydrogen-bond acceptors (Lipinski definition) is 1. The molecule has 10 aromatic rings. The highest BCUT2D eigenvalue weighted by Gasteiger charge is 2.20. The van der Waals surface area contributed by atoms with Crippen molar-refractivity contribution >= 4 is 75.1 Å². The second-order valence-corrected chi connectivity index (χ2v) is 13.8. The lowest BCUT2D eigenvalue weighted by molar-refractivity contribution is 1.17. The van der Waals surface area contributed by atoms with E-state index in [2.05, 4.69) is 169 Å². The molecule has 0 atom stereocenters.